The van der Waals surface area contributed by atoms with Crippen molar-refractivity contribution in [1.29, 1.82) is 0 Å². The molecule has 0 saturated heterocycles. The Morgan fingerprint density at radius 2 is 1.68 bits per heavy atom. The van der Waals surface area contributed by atoms with Gasteiger partial charge in [-0.15, -0.1) is 0 Å². The molecule has 1 N–H and O–H groups in total. The van der Waals surface area contributed by atoms with Crippen LogP contribution in [0.25, 0.3) is 0 Å². The zero-order valence-corrected chi connectivity index (χ0v) is 12.6. The minimum Gasteiger partial charge on any atom is -0.494 e. The smallest absolute Gasteiger partial charge is 0.121 e. The third-order valence-electron chi connectivity index (χ3n) is 3.25. The third-order valence-corrected chi connectivity index (χ3v) is 3.25. The van der Waals surface area contributed by atoms with Gasteiger partial charge < -0.3 is 10.1 Å². The van der Waals surface area contributed by atoms with E-state index < -0.39 is 0 Å². The summed E-state index contributed by atoms with van der Waals surface area (Å²) in [6, 6.07) is 8.22. The molecular formula is C17H29NO. The molecule has 0 aliphatic heterocycles. The van der Waals surface area contributed by atoms with Gasteiger partial charge in [-0.25, -0.2) is 0 Å². The highest BCUT2D eigenvalue weighted by atomic mass is 16.5. The molecular weight excluding hydrogens is 234 g/mol. The van der Waals surface area contributed by atoms with Crippen LogP contribution in [0.5, 0.6) is 5.75 Å². The summed E-state index contributed by atoms with van der Waals surface area (Å²) in [4.78, 5) is 0. The molecule has 0 bridgehead atoms. The van der Waals surface area contributed by atoms with E-state index in [2.05, 4.69) is 24.4 Å². The fraction of sp³-hybridized carbons (Fsp3) is 0.647. The minimum absolute atomic E-state index is 0.723. The number of unbranched alkanes of at least 4 members (excludes halogenated alkanes) is 6. The van der Waals surface area contributed by atoms with E-state index in [9.17, 15) is 0 Å². The lowest BCUT2D eigenvalue weighted by molar-refractivity contribution is 0.340. The SMILES string of the molecule is CCCCCCCCCNc1cccc(OCC)c1. The van der Waals surface area contributed by atoms with Gasteiger partial charge >= 0.3 is 0 Å². The van der Waals surface area contributed by atoms with E-state index >= 15 is 0 Å². The molecule has 0 fully saturated rings. The second kappa shape index (κ2) is 10.7. The van der Waals surface area contributed by atoms with E-state index in [-0.39, 0.29) is 0 Å². The Labute approximate surface area is 118 Å². The van der Waals surface area contributed by atoms with Gasteiger partial charge in [-0.05, 0) is 25.5 Å². The molecule has 0 heterocycles. The van der Waals surface area contributed by atoms with Crippen LogP contribution in [0.1, 0.15) is 58.8 Å². The first-order chi connectivity index (χ1) is 9.36. The van der Waals surface area contributed by atoms with E-state index in [4.69, 9.17) is 4.74 Å². The van der Waals surface area contributed by atoms with Crippen molar-refractivity contribution in [1.82, 2.24) is 0 Å². The monoisotopic (exact) mass is 263 g/mol. The maximum Gasteiger partial charge on any atom is 0.121 e. The average Bonchev–Trinajstić information content (AvgIpc) is 2.43. The lowest BCUT2D eigenvalue weighted by atomic mass is 10.1. The molecule has 1 aromatic rings. The van der Waals surface area contributed by atoms with Crippen molar-refractivity contribution in [2.45, 2.75) is 58.8 Å². The fourth-order valence-corrected chi connectivity index (χ4v) is 2.18. The Balaban J connectivity index is 2.07. The topological polar surface area (TPSA) is 21.3 Å². The van der Waals surface area contributed by atoms with Crippen molar-refractivity contribution in [2.24, 2.45) is 0 Å². The number of hydrogen-bond donors (Lipinski definition) is 1. The molecule has 0 aliphatic carbocycles. The number of nitrogens with one attached hydrogen (secondary N) is 1. The van der Waals surface area contributed by atoms with E-state index in [0.29, 0.717) is 0 Å². The summed E-state index contributed by atoms with van der Waals surface area (Å²) >= 11 is 0. The van der Waals surface area contributed by atoms with Crippen LogP contribution in [0.4, 0.5) is 5.69 Å². The second-order valence-electron chi connectivity index (χ2n) is 5.01. The Morgan fingerprint density at radius 3 is 2.42 bits per heavy atom. The van der Waals surface area contributed by atoms with E-state index in [0.717, 1.165) is 24.6 Å². The normalized spacial score (nSPS) is 10.4. The number of benzene rings is 1. The van der Waals surface area contributed by atoms with Crippen LogP contribution in [-0.2, 0) is 0 Å². The Bertz CT molecular complexity index is 325. The van der Waals surface area contributed by atoms with Gasteiger partial charge in [0.05, 0.1) is 6.61 Å². The molecule has 19 heavy (non-hydrogen) atoms. The summed E-state index contributed by atoms with van der Waals surface area (Å²) in [5, 5.41) is 3.47. The van der Waals surface area contributed by atoms with Crippen LogP contribution in [0.3, 0.4) is 0 Å². The summed E-state index contributed by atoms with van der Waals surface area (Å²) in [6.07, 6.45) is 9.49. The van der Waals surface area contributed by atoms with Gasteiger partial charge in [0.2, 0.25) is 0 Å². The molecule has 1 aromatic carbocycles. The molecule has 0 unspecified atom stereocenters. The molecule has 0 saturated carbocycles. The van der Waals surface area contributed by atoms with Crippen LogP contribution in [-0.4, -0.2) is 13.2 Å². The van der Waals surface area contributed by atoms with Crippen molar-refractivity contribution in [3.05, 3.63) is 24.3 Å². The first kappa shape index (κ1) is 15.9. The maximum absolute atomic E-state index is 5.49. The summed E-state index contributed by atoms with van der Waals surface area (Å²) < 4.78 is 5.49. The van der Waals surface area contributed by atoms with E-state index in [1.807, 2.05) is 19.1 Å². The van der Waals surface area contributed by atoms with Gasteiger partial charge in [0.25, 0.3) is 0 Å². The standard InChI is InChI=1S/C17H29NO/c1-3-5-6-7-8-9-10-14-18-16-12-11-13-17(15-16)19-4-2/h11-13,15,18H,3-10,14H2,1-2H3. The third kappa shape index (κ3) is 7.76. The summed E-state index contributed by atoms with van der Waals surface area (Å²) in [7, 11) is 0. The van der Waals surface area contributed by atoms with Crippen LogP contribution >= 0.6 is 0 Å². The van der Waals surface area contributed by atoms with Crippen molar-refractivity contribution in [3.8, 4) is 5.75 Å². The van der Waals surface area contributed by atoms with Gasteiger partial charge in [-0.2, -0.15) is 0 Å². The molecule has 108 valence electrons. The van der Waals surface area contributed by atoms with E-state index in [1.165, 1.54) is 44.9 Å². The van der Waals surface area contributed by atoms with Crippen LogP contribution in [0.2, 0.25) is 0 Å². The highest BCUT2D eigenvalue weighted by Crippen LogP contribution is 2.17. The first-order valence-corrected chi connectivity index (χ1v) is 7.83. The Kier molecular flexibility index (Phi) is 8.95. The summed E-state index contributed by atoms with van der Waals surface area (Å²) in [6.45, 7) is 6.06. The quantitative estimate of drug-likeness (QED) is 0.551. The fourth-order valence-electron chi connectivity index (χ4n) is 2.18. The predicted octanol–water partition coefficient (Wildman–Crippen LogP) is 5.25. The number of hydrogen-bond acceptors (Lipinski definition) is 2. The van der Waals surface area contributed by atoms with Gasteiger partial charge in [-0.3, -0.25) is 0 Å². The average molecular weight is 263 g/mol. The van der Waals surface area contributed by atoms with E-state index in [1.54, 1.807) is 0 Å². The predicted molar refractivity (Wildman–Crippen MR) is 84.1 cm³/mol. The van der Waals surface area contributed by atoms with Gasteiger partial charge in [0.15, 0.2) is 0 Å². The van der Waals surface area contributed by atoms with Crippen molar-refractivity contribution < 1.29 is 4.74 Å². The molecule has 0 atom stereocenters. The van der Waals surface area contributed by atoms with Crippen LogP contribution < -0.4 is 10.1 Å². The lowest BCUT2D eigenvalue weighted by Crippen LogP contribution is -2.01. The first-order valence-electron chi connectivity index (χ1n) is 7.83. The highest BCUT2D eigenvalue weighted by Gasteiger charge is 1.96. The summed E-state index contributed by atoms with van der Waals surface area (Å²) in [5.74, 6) is 0.951. The number of ether oxygens (including phenoxy) is 1. The zero-order chi connectivity index (χ0) is 13.8. The molecule has 0 aliphatic rings. The molecule has 2 heteroatoms. The molecule has 0 amide bonds. The Hall–Kier alpha value is -1.18. The molecule has 2 nitrogen and oxygen atoms in total. The van der Waals surface area contributed by atoms with Crippen molar-refractivity contribution in [2.75, 3.05) is 18.5 Å². The molecule has 0 radical (unpaired) electrons. The second-order valence-corrected chi connectivity index (χ2v) is 5.01. The molecule has 0 spiro atoms. The number of anilines is 1. The highest BCUT2D eigenvalue weighted by molar-refractivity contribution is 5.48. The molecule has 1 rings (SSSR count). The Morgan fingerprint density at radius 1 is 0.947 bits per heavy atom. The van der Waals surface area contributed by atoms with Crippen molar-refractivity contribution in [3.63, 3.8) is 0 Å². The van der Waals surface area contributed by atoms with Crippen molar-refractivity contribution >= 4 is 5.69 Å². The summed E-state index contributed by atoms with van der Waals surface area (Å²) in [5.41, 5.74) is 1.16. The largest absolute Gasteiger partial charge is 0.494 e. The number of rotatable bonds is 11. The lowest BCUT2D eigenvalue weighted by Gasteiger charge is -2.08. The van der Waals surface area contributed by atoms with Gasteiger partial charge in [-0.1, -0.05) is 51.5 Å². The van der Waals surface area contributed by atoms with Gasteiger partial charge in [0.1, 0.15) is 5.75 Å². The minimum atomic E-state index is 0.723. The molecule has 0 aromatic heterocycles. The van der Waals surface area contributed by atoms with Crippen LogP contribution in [0, 0.1) is 0 Å². The maximum atomic E-state index is 5.49. The zero-order valence-electron chi connectivity index (χ0n) is 12.6. The van der Waals surface area contributed by atoms with Gasteiger partial charge in [0, 0.05) is 18.3 Å². The van der Waals surface area contributed by atoms with Crippen LogP contribution in [0.15, 0.2) is 24.3 Å².